The number of carbonyl (C=O) groups is 2. The molecule has 1 N–H and O–H groups in total. The number of pyridine rings is 1. The van der Waals surface area contributed by atoms with Crippen molar-refractivity contribution in [3.05, 3.63) is 72.4 Å². The summed E-state index contributed by atoms with van der Waals surface area (Å²) in [6.07, 6.45) is 1.14. The third-order valence-corrected chi connectivity index (χ3v) is 5.29. The van der Waals surface area contributed by atoms with Crippen LogP contribution in [-0.2, 0) is 9.59 Å². The molecular weight excluding hydrogens is 376 g/mol. The van der Waals surface area contributed by atoms with Gasteiger partial charge in [-0.15, -0.1) is 0 Å². The number of nitrogens with zero attached hydrogens (tertiary/aromatic N) is 3. The molecule has 1 aromatic heterocycles. The lowest BCUT2D eigenvalue weighted by Gasteiger charge is -2.34. The number of anilines is 1. The maximum absolute atomic E-state index is 13.8. The highest BCUT2D eigenvalue weighted by Crippen LogP contribution is 2.38. The minimum Gasteiger partial charge on any atom is -0.334 e. The van der Waals surface area contributed by atoms with E-state index in [1.807, 2.05) is 65.7 Å². The fourth-order valence-corrected chi connectivity index (χ4v) is 4.15. The molecule has 2 aromatic carbocycles. The first kappa shape index (κ1) is 19.9. The number of amides is 2. The van der Waals surface area contributed by atoms with Crippen molar-refractivity contribution in [3.63, 3.8) is 0 Å². The maximum atomic E-state index is 13.8. The molecule has 154 valence electrons. The Bertz CT molecular complexity index is 1060. The highest BCUT2D eigenvalue weighted by molar-refractivity contribution is 5.96. The van der Waals surface area contributed by atoms with E-state index in [9.17, 15) is 9.59 Å². The van der Waals surface area contributed by atoms with Gasteiger partial charge in [0.1, 0.15) is 17.9 Å². The molecule has 4 rings (SSSR count). The van der Waals surface area contributed by atoms with Crippen molar-refractivity contribution in [2.45, 2.75) is 32.9 Å². The van der Waals surface area contributed by atoms with Gasteiger partial charge in [-0.2, -0.15) is 0 Å². The van der Waals surface area contributed by atoms with Gasteiger partial charge in [0.05, 0.1) is 0 Å². The smallest absolute Gasteiger partial charge is 0.252 e. The summed E-state index contributed by atoms with van der Waals surface area (Å²) in [5, 5.41) is 8.68. The Kier molecular flexibility index (Phi) is 5.40. The number of benzene rings is 2. The second-order valence-electron chi connectivity index (χ2n) is 8.04. The highest BCUT2D eigenvalue weighted by Gasteiger charge is 2.49. The Morgan fingerprint density at radius 3 is 2.50 bits per heavy atom. The van der Waals surface area contributed by atoms with Gasteiger partial charge in [0.25, 0.3) is 5.91 Å². The molecule has 0 aliphatic carbocycles. The number of hydrazine groups is 1. The van der Waals surface area contributed by atoms with Gasteiger partial charge in [-0.25, -0.2) is 15.0 Å². The minimum absolute atomic E-state index is 0.0375. The number of fused-ring (bicyclic) bond motifs is 1. The van der Waals surface area contributed by atoms with E-state index in [1.54, 1.807) is 11.2 Å². The predicted octanol–water partition coefficient (Wildman–Crippen LogP) is 3.70. The van der Waals surface area contributed by atoms with E-state index in [0.717, 1.165) is 16.3 Å². The average molecular weight is 402 g/mol. The van der Waals surface area contributed by atoms with E-state index >= 15 is 0 Å². The lowest BCUT2D eigenvalue weighted by atomic mass is 9.91. The van der Waals surface area contributed by atoms with E-state index in [-0.39, 0.29) is 17.7 Å². The summed E-state index contributed by atoms with van der Waals surface area (Å²) in [4.78, 5) is 30.4. The molecule has 0 spiro atoms. The van der Waals surface area contributed by atoms with Crippen LogP contribution in [-0.4, -0.2) is 34.5 Å². The number of hydrogen-bond acceptors (Lipinski definition) is 4. The van der Waals surface area contributed by atoms with Crippen LogP contribution in [0.2, 0.25) is 0 Å². The number of hydrogen-bond donors (Lipinski definition) is 1. The molecular formula is C24H26N4O2. The summed E-state index contributed by atoms with van der Waals surface area (Å²) in [7, 11) is 0. The van der Waals surface area contributed by atoms with Gasteiger partial charge in [0.2, 0.25) is 5.91 Å². The van der Waals surface area contributed by atoms with Crippen molar-refractivity contribution in [1.29, 1.82) is 0 Å². The van der Waals surface area contributed by atoms with Gasteiger partial charge >= 0.3 is 0 Å². The number of nitrogens with one attached hydrogen (secondary N) is 1. The molecule has 3 aromatic rings. The van der Waals surface area contributed by atoms with E-state index in [0.29, 0.717) is 12.4 Å². The highest BCUT2D eigenvalue weighted by atomic mass is 16.2. The molecule has 1 fully saturated rings. The SMILES string of the molecule is CC(=O)NC1C(c2cccc3ccccc23)C(=O)N(CC(C)C)N1c1ccccn1. The molecule has 30 heavy (non-hydrogen) atoms. The Labute approximate surface area is 176 Å². The average Bonchev–Trinajstić information content (AvgIpc) is 2.98. The Hall–Kier alpha value is -3.41. The molecule has 2 unspecified atom stereocenters. The molecule has 1 aliphatic heterocycles. The zero-order chi connectivity index (χ0) is 21.3. The fraction of sp³-hybridized carbons (Fsp3) is 0.292. The number of rotatable bonds is 5. The molecule has 1 saturated heterocycles. The third kappa shape index (κ3) is 3.61. The normalized spacial score (nSPS) is 19.0. The summed E-state index contributed by atoms with van der Waals surface area (Å²) in [5.74, 6) is 0.118. The fourth-order valence-electron chi connectivity index (χ4n) is 4.15. The van der Waals surface area contributed by atoms with Crippen LogP contribution >= 0.6 is 0 Å². The van der Waals surface area contributed by atoms with Crippen LogP contribution in [0.4, 0.5) is 5.82 Å². The Morgan fingerprint density at radius 1 is 1.07 bits per heavy atom. The van der Waals surface area contributed by atoms with Crippen LogP contribution < -0.4 is 10.3 Å². The number of carbonyl (C=O) groups excluding carboxylic acids is 2. The third-order valence-electron chi connectivity index (χ3n) is 5.29. The van der Waals surface area contributed by atoms with Crippen LogP contribution in [0.25, 0.3) is 10.8 Å². The van der Waals surface area contributed by atoms with E-state index in [4.69, 9.17) is 0 Å². The van der Waals surface area contributed by atoms with Gasteiger partial charge in [-0.1, -0.05) is 62.4 Å². The zero-order valence-electron chi connectivity index (χ0n) is 17.4. The van der Waals surface area contributed by atoms with Crippen molar-refractivity contribution in [2.75, 3.05) is 11.6 Å². The van der Waals surface area contributed by atoms with Gasteiger partial charge in [0.15, 0.2) is 0 Å². The number of aromatic nitrogens is 1. The largest absolute Gasteiger partial charge is 0.334 e. The predicted molar refractivity (Wildman–Crippen MR) is 118 cm³/mol. The van der Waals surface area contributed by atoms with Crippen LogP contribution in [0, 0.1) is 5.92 Å². The maximum Gasteiger partial charge on any atom is 0.252 e. The summed E-state index contributed by atoms with van der Waals surface area (Å²) in [6.45, 7) is 6.16. The van der Waals surface area contributed by atoms with Crippen molar-refractivity contribution >= 4 is 28.4 Å². The Balaban J connectivity index is 1.89. The van der Waals surface area contributed by atoms with Crippen LogP contribution in [0.15, 0.2) is 66.9 Å². The van der Waals surface area contributed by atoms with Crippen LogP contribution in [0.1, 0.15) is 32.3 Å². The molecule has 6 heteroatoms. The summed E-state index contributed by atoms with van der Waals surface area (Å²) in [5.41, 5.74) is 0.907. The zero-order valence-corrected chi connectivity index (χ0v) is 17.4. The van der Waals surface area contributed by atoms with Gasteiger partial charge < -0.3 is 5.32 Å². The van der Waals surface area contributed by atoms with E-state index < -0.39 is 12.1 Å². The second kappa shape index (κ2) is 8.14. The molecule has 2 heterocycles. The van der Waals surface area contributed by atoms with Gasteiger partial charge in [-0.05, 0) is 34.4 Å². The van der Waals surface area contributed by atoms with Crippen LogP contribution in [0.5, 0.6) is 0 Å². The molecule has 0 saturated carbocycles. The van der Waals surface area contributed by atoms with Gasteiger partial charge in [0, 0.05) is 19.7 Å². The first-order valence-electron chi connectivity index (χ1n) is 10.2. The second-order valence-corrected chi connectivity index (χ2v) is 8.04. The topological polar surface area (TPSA) is 65.5 Å². The van der Waals surface area contributed by atoms with E-state index in [1.165, 1.54) is 6.92 Å². The summed E-state index contributed by atoms with van der Waals surface area (Å²) in [6, 6.07) is 19.6. The molecule has 0 bridgehead atoms. The summed E-state index contributed by atoms with van der Waals surface area (Å²) < 4.78 is 0. The van der Waals surface area contributed by atoms with Crippen molar-refractivity contribution in [2.24, 2.45) is 5.92 Å². The minimum atomic E-state index is -0.561. The van der Waals surface area contributed by atoms with Gasteiger partial charge in [-0.3, -0.25) is 9.59 Å². The lowest BCUT2D eigenvalue weighted by Crippen LogP contribution is -2.51. The lowest BCUT2D eigenvalue weighted by molar-refractivity contribution is -0.129. The molecule has 0 radical (unpaired) electrons. The van der Waals surface area contributed by atoms with Crippen molar-refractivity contribution in [3.8, 4) is 0 Å². The monoisotopic (exact) mass is 402 g/mol. The summed E-state index contributed by atoms with van der Waals surface area (Å²) >= 11 is 0. The first-order valence-corrected chi connectivity index (χ1v) is 10.2. The van der Waals surface area contributed by atoms with Crippen LogP contribution in [0.3, 0.4) is 0 Å². The molecule has 6 nitrogen and oxygen atoms in total. The van der Waals surface area contributed by atoms with Crippen molar-refractivity contribution < 1.29 is 9.59 Å². The molecule has 1 aliphatic rings. The van der Waals surface area contributed by atoms with Crippen molar-refractivity contribution in [1.82, 2.24) is 15.3 Å². The molecule has 2 atom stereocenters. The first-order chi connectivity index (χ1) is 14.5. The Morgan fingerprint density at radius 2 is 1.80 bits per heavy atom. The van der Waals surface area contributed by atoms with E-state index in [2.05, 4.69) is 24.1 Å². The quantitative estimate of drug-likeness (QED) is 0.707. The molecule has 2 amide bonds. The standard InChI is InChI=1S/C24H26N4O2/c1-16(2)15-27-24(30)22(20-12-8-10-18-9-4-5-11-19(18)20)23(26-17(3)29)28(27)21-13-6-7-14-25-21/h4-14,16,22-23H,15H2,1-3H3,(H,26,29).